The van der Waals surface area contributed by atoms with E-state index in [-0.39, 0.29) is 17.0 Å². The molecule has 0 saturated heterocycles. The molecule has 1 atom stereocenters. The summed E-state index contributed by atoms with van der Waals surface area (Å²) in [5, 5.41) is 2.93. The van der Waals surface area contributed by atoms with Gasteiger partial charge in [-0.1, -0.05) is 0 Å². The normalized spacial score (nSPS) is 12.3. The van der Waals surface area contributed by atoms with Crippen molar-refractivity contribution in [1.82, 2.24) is 0 Å². The van der Waals surface area contributed by atoms with Crippen LogP contribution >= 0.6 is 32.9 Å². The maximum absolute atomic E-state index is 3.26. The van der Waals surface area contributed by atoms with Crippen molar-refractivity contribution in [2.45, 2.75) is 6.92 Å². The Morgan fingerprint density at radius 3 is 1.80 bits per heavy atom. The van der Waals surface area contributed by atoms with Crippen molar-refractivity contribution in [3.63, 3.8) is 0 Å². The van der Waals surface area contributed by atoms with Crippen LogP contribution in [-0.2, 0) is 0 Å². The van der Waals surface area contributed by atoms with Gasteiger partial charge in [-0.2, -0.15) is 0 Å². The van der Waals surface area contributed by atoms with E-state index in [0.29, 0.717) is 0 Å². The summed E-state index contributed by atoms with van der Waals surface area (Å²) in [7, 11) is 3.26. The summed E-state index contributed by atoms with van der Waals surface area (Å²) in [5.41, 5.74) is 2.59. The average Bonchev–Trinajstić information content (AvgIpc) is 2.68. The van der Waals surface area contributed by atoms with Gasteiger partial charge in [-0.25, -0.2) is 0 Å². The summed E-state index contributed by atoms with van der Waals surface area (Å²) in [4.78, 5) is 0. The Morgan fingerprint density at radius 2 is 1.28 bits per heavy atom. The van der Waals surface area contributed by atoms with Crippen LogP contribution in [0.3, 0.4) is 0 Å². The van der Waals surface area contributed by atoms with Crippen molar-refractivity contribution in [1.29, 1.82) is 0 Å². The van der Waals surface area contributed by atoms with E-state index in [2.05, 4.69) is 113 Å². The van der Waals surface area contributed by atoms with Crippen LogP contribution in [0.4, 0.5) is 0 Å². The second-order valence-electron chi connectivity index (χ2n) is 6.03. The molecule has 3 aromatic rings. The molecule has 0 saturated carbocycles. The molecule has 3 rings (SSSR count). The molecule has 0 amide bonds. The first-order valence-corrected chi connectivity index (χ1v) is 12.4. The third kappa shape index (κ3) is 4.68. The Kier molecular flexibility index (Phi) is 7.57. The van der Waals surface area contributed by atoms with Gasteiger partial charge in [-0.15, -0.1) is 17.0 Å². The number of hydrogen-bond donors (Lipinski definition) is 0. The fourth-order valence-corrected chi connectivity index (χ4v) is 7.41. The van der Waals surface area contributed by atoms with E-state index < -0.39 is 6.95 Å². The van der Waals surface area contributed by atoms with E-state index in [9.17, 15) is 0 Å². The third-order valence-corrected chi connectivity index (χ3v) is 11.6. The van der Waals surface area contributed by atoms with Gasteiger partial charge in [0.1, 0.15) is 0 Å². The van der Waals surface area contributed by atoms with Crippen molar-refractivity contribution in [2.75, 3.05) is 6.16 Å². The van der Waals surface area contributed by atoms with Crippen molar-refractivity contribution in [3.8, 4) is 0 Å². The van der Waals surface area contributed by atoms with Crippen LogP contribution in [0.25, 0.3) is 11.4 Å². The van der Waals surface area contributed by atoms with E-state index in [4.69, 9.17) is 0 Å². The summed E-state index contributed by atoms with van der Waals surface area (Å²) in [5.74, 6) is 0. The Hall–Kier alpha value is -1.26. The van der Waals surface area contributed by atoms with Gasteiger partial charge < -0.3 is 0 Å². The van der Waals surface area contributed by atoms with Crippen LogP contribution in [0, 0.1) is 0 Å². The molecule has 0 nitrogen and oxygen atoms in total. The predicted octanol–water partition coefficient (Wildman–Crippen LogP) is 6.65. The molecule has 0 radical (unpaired) electrons. The summed E-state index contributed by atoms with van der Waals surface area (Å²) in [6.45, 7) is 0.439. The molecule has 25 heavy (non-hydrogen) atoms. The predicted molar refractivity (Wildman–Crippen MR) is 126 cm³/mol. The molecule has 0 N–H and O–H groups in total. The van der Waals surface area contributed by atoms with Crippen LogP contribution in [0.2, 0.25) is 0 Å². The molecule has 0 aliphatic rings. The van der Waals surface area contributed by atoms with Crippen molar-refractivity contribution < 1.29 is 0 Å². The molecule has 0 aliphatic heterocycles. The summed E-state index contributed by atoms with van der Waals surface area (Å²) in [6, 6.07) is 32.4. The van der Waals surface area contributed by atoms with Gasteiger partial charge in [-0.3, -0.25) is 0 Å². The van der Waals surface area contributed by atoms with E-state index in [1.807, 2.05) is 0 Å². The molecule has 0 aromatic heterocycles. The number of rotatable bonds is 5. The molecule has 0 aliphatic carbocycles. The number of hydrogen-bond acceptors (Lipinski definition) is 0. The standard InChI is InChI=1S/C22H24P2.BrH/c1-2-24(23,21-16-10-5-11-17-21)22(20-14-8-4-9-15-20)18-19-12-6-3-7-13-19;/h3-18,24H,2,23H2,1H3;1H. The minimum atomic E-state index is -1.87. The van der Waals surface area contributed by atoms with Gasteiger partial charge in [0.15, 0.2) is 0 Å². The molecule has 130 valence electrons. The summed E-state index contributed by atoms with van der Waals surface area (Å²) in [6.07, 6.45) is 3.53. The zero-order chi connectivity index (χ0) is 16.8. The van der Waals surface area contributed by atoms with E-state index in [1.165, 1.54) is 21.7 Å². The van der Waals surface area contributed by atoms with Crippen LogP contribution < -0.4 is 5.30 Å². The van der Waals surface area contributed by atoms with Gasteiger partial charge >= 0.3 is 148 Å². The molecule has 0 bridgehead atoms. The van der Waals surface area contributed by atoms with E-state index >= 15 is 0 Å². The first-order chi connectivity index (χ1) is 11.7. The number of halogens is 1. The molecule has 3 heteroatoms. The second kappa shape index (κ2) is 9.44. The van der Waals surface area contributed by atoms with Crippen molar-refractivity contribution >= 4 is 49.6 Å². The van der Waals surface area contributed by atoms with Crippen LogP contribution in [0.15, 0.2) is 91.0 Å². The third-order valence-electron chi connectivity index (χ3n) is 4.52. The van der Waals surface area contributed by atoms with Gasteiger partial charge in [0, 0.05) is 0 Å². The molecule has 0 spiro atoms. The van der Waals surface area contributed by atoms with Crippen molar-refractivity contribution in [2.24, 2.45) is 0 Å². The Balaban J connectivity index is 0.00000225. The summed E-state index contributed by atoms with van der Waals surface area (Å²) < 4.78 is 0. The van der Waals surface area contributed by atoms with Crippen LogP contribution in [0.1, 0.15) is 18.1 Å². The molecule has 1 unspecified atom stereocenters. The SMILES string of the molecule is Br.CC[PH](P)(C(=Cc1ccccc1)c1ccccc1)c1ccccc1. The van der Waals surface area contributed by atoms with Gasteiger partial charge in [-0.05, 0) is 0 Å². The Bertz CT molecular complexity index is 801. The monoisotopic (exact) mass is 430 g/mol. The zero-order valence-electron chi connectivity index (χ0n) is 14.4. The van der Waals surface area contributed by atoms with Crippen LogP contribution in [0.5, 0.6) is 0 Å². The maximum atomic E-state index is 3.26. The topological polar surface area (TPSA) is 0 Å². The first kappa shape index (κ1) is 20.1. The molecular weight excluding hydrogens is 406 g/mol. The quantitative estimate of drug-likeness (QED) is 0.314. The first-order valence-electron chi connectivity index (χ1n) is 8.41. The molecule has 0 heterocycles. The van der Waals surface area contributed by atoms with Crippen molar-refractivity contribution in [3.05, 3.63) is 102 Å². The number of benzene rings is 3. The van der Waals surface area contributed by atoms with Gasteiger partial charge in [0.25, 0.3) is 0 Å². The van der Waals surface area contributed by atoms with Gasteiger partial charge in [0.2, 0.25) is 0 Å². The Morgan fingerprint density at radius 1 is 0.800 bits per heavy atom. The second-order valence-corrected chi connectivity index (χ2v) is 12.7. The molecular formula is C22H25BrP2. The van der Waals surface area contributed by atoms with E-state index in [0.717, 1.165) is 6.16 Å². The van der Waals surface area contributed by atoms with Crippen LogP contribution in [-0.4, -0.2) is 6.16 Å². The fraction of sp³-hybridized carbons (Fsp3) is 0.0909. The minimum absolute atomic E-state index is 0. The molecule has 0 fully saturated rings. The fourth-order valence-electron chi connectivity index (χ4n) is 3.09. The van der Waals surface area contributed by atoms with E-state index in [1.54, 1.807) is 0 Å². The average molecular weight is 431 g/mol. The zero-order valence-corrected chi connectivity index (χ0v) is 18.3. The Labute approximate surface area is 164 Å². The van der Waals surface area contributed by atoms with Gasteiger partial charge in [0.05, 0.1) is 0 Å². The summed E-state index contributed by atoms with van der Waals surface area (Å²) >= 11 is 0. The molecule has 3 aromatic carbocycles.